The van der Waals surface area contributed by atoms with Crippen molar-refractivity contribution in [2.45, 2.75) is 47.1 Å². The summed E-state index contributed by atoms with van der Waals surface area (Å²) in [6.45, 7) is 13.2. The van der Waals surface area contributed by atoms with Gasteiger partial charge in [0.2, 0.25) is 5.95 Å². The Hall–Kier alpha value is -3.07. The summed E-state index contributed by atoms with van der Waals surface area (Å²) in [5.41, 5.74) is 2.52. The van der Waals surface area contributed by atoms with Crippen LogP contribution in [0.15, 0.2) is 18.3 Å². The number of rotatable bonds is 12. The molecule has 186 valence electrons. The molecule has 0 spiro atoms. The van der Waals surface area contributed by atoms with Crippen LogP contribution in [0.2, 0.25) is 0 Å². The average Bonchev–Trinajstić information content (AvgIpc) is 2.86. The average molecular weight is 471 g/mol. The SMILES string of the molecule is CCN(CC)CCCCNc1ncc2c(n1)N(CC)C(=O)N(c1cc(OC)cc(OC)c1C)C2. The van der Waals surface area contributed by atoms with E-state index in [-0.39, 0.29) is 6.03 Å². The monoisotopic (exact) mass is 470 g/mol. The number of fused-ring (bicyclic) bond motifs is 1. The molecule has 2 heterocycles. The van der Waals surface area contributed by atoms with E-state index in [4.69, 9.17) is 14.5 Å². The predicted octanol–water partition coefficient (Wildman–Crippen LogP) is 4.30. The molecule has 0 atom stereocenters. The van der Waals surface area contributed by atoms with Crippen molar-refractivity contribution >= 4 is 23.5 Å². The third-order valence-corrected chi connectivity index (χ3v) is 6.34. The quantitative estimate of drug-likeness (QED) is 0.463. The maximum absolute atomic E-state index is 13.5. The van der Waals surface area contributed by atoms with Gasteiger partial charge in [-0.1, -0.05) is 13.8 Å². The Labute approximate surface area is 203 Å². The van der Waals surface area contributed by atoms with Crippen molar-refractivity contribution in [1.82, 2.24) is 14.9 Å². The molecule has 2 aromatic rings. The highest BCUT2D eigenvalue weighted by Crippen LogP contribution is 2.38. The van der Waals surface area contributed by atoms with Crippen LogP contribution < -0.4 is 24.6 Å². The van der Waals surface area contributed by atoms with Gasteiger partial charge in [0.1, 0.15) is 17.3 Å². The van der Waals surface area contributed by atoms with Crippen LogP contribution in [0.1, 0.15) is 44.7 Å². The largest absolute Gasteiger partial charge is 0.497 e. The highest BCUT2D eigenvalue weighted by molar-refractivity contribution is 6.06. The number of urea groups is 1. The zero-order valence-corrected chi connectivity index (χ0v) is 21.3. The molecule has 0 unspecified atom stereocenters. The van der Waals surface area contributed by atoms with E-state index in [2.05, 4.69) is 29.0 Å². The molecule has 1 aromatic carbocycles. The Bertz CT molecular complexity index is 979. The lowest BCUT2D eigenvalue weighted by Crippen LogP contribution is -2.48. The summed E-state index contributed by atoms with van der Waals surface area (Å²) < 4.78 is 10.9. The summed E-state index contributed by atoms with van der Waals surface area (Å²) in [4.78, 5) is 28.6. The third kappa shape index (κ3) is 5.52. The number of unbranched alkanes of at least 4 members (excludes halogenated alkanes) is 1. The molecule has 2 amide bonds. The molecular weight excluding hydrogens is 432 g/mol. The van der Waals surface area contributed by atoms with Crippen molar-refractivity contribution in [2.24, 2.45) is 0 Å². The Morgan fingerprint density at radius 3 is 2.53 bits per heavy atom. The Balaban J connectivity index is 1.77. The van der Waals surface area contributed by atoms with Crippen LogP contribution in [-0.2, 0) is 6.54 Å². The lowest BCUT2D eigenvalue weighted by atomic mass is 10.1. The summed E-state index contributed by atoms with van der Waals surface area (Å²) in [7, 11) is 3.22. The number of carbonyl (C=O) groups is 1. The van der Waals surface area contributed by atoms with E-state index in [1.54, 1.807) is 24.0 Å². The summed E-state index contributed by atoms with van der Waals surface area (Å²) in [5.74, 6) is 2.53. The van der Waals surface area contributed by atoms with Crippen molar-refractivity contribution in [3.63, 3.8) is 0 Å². The molecule has 1 N–H and O–H groups in total. The number of amides is 2. The smallest absolute Gasteiger partial charge is 0.330 e. The molecule has 0 aliphatic carbocycles. The molecule has 3 rings (SSSR count). The number of nitrogens with zero attached hydrogens (tertiary/aromatic N) is 5. The van der Waals surface area contributed by atoms with Crippen LogP contribution in [0, 0.1) is 6.92 Å². The van der Waals surface area contributed by atoms with Gasteiger partial charge in [0.25, 0.3) is 0 Å². The number of carbonyl (C=O) groups excluding carboxylic acids is 1. The third-order valence-electron chi connectivity index (χ3n) is 6.34. The van der Waals surface area contributed by atoms with Gasteiger partial charge in [0.15, 0.2) is 0 Å². The number of aromatic nitrogens is 2. The number of hydrogen-bond donors (Lipinski definition) is 1. The zero-order chi connectivity index (χ0) is 24.7. The Morgan fingerprint density at radius 2 is 1.88 bits per heavy atom. The van der Waals surface area contributed by atoms with E-state index in [0.717, 1.165) is 55.8 Å². The van der Waals surface area contributed by atoms with Crippen molar-refractivity contribution in [3.05, 3.63) is 29.5 Å². The van der Waals surface area contributed by atoms with E-state index in [0.29, 0.717) is 36.4 Å². The molecule has 34 heavy (non-hydrogen) atoms. The van der Waals surface area contributed by atoms with Gasteiger partial charge < -0.3 is 19.7 Å². The number of benzene rings is 1. The van der Waals surface area contributed by atoms with Crippen LogP contribution >= 0.6 is 0 Å². The highest BCUT2D eigenvalue weighted by Gasteiger charge is 2.33. The van der Waals surface area contributed by atoms with Gasteiger partial charge in [-0.05, 0) is 46.3 Å². The van der Waals surface area contributed by atoms with E-state index in [1.165, 1.54) is 0 Å². The molecule has 0 saturated carbocycles. The van der Waals surface area contributed by atoms with Crippen LogP contribution in [0.25, 0.3) is 0 Å². The van der Waals surface area contributed by atoms with Gasteiger partial charge in [0.05, 0.1) is 26.5 Å². The lowest BCUT2D eigenvalue weighted by Gasteiger charge is -2.36. The van der Waals surface area contributed by atoms with Gasteiger partial charge in [-0.15, -0.1) is 0 Å². The lowest BCUT2D eigenvalue weighted by molar-refractivity contribution is 0.250. The molecule has 0 bridgehead atoms. The first-order valence-corrected chi connectivity index (χ1v) is 12.1. The Kier molecular flexibility index (Phi) is 8.92. The number of anilines is 3. The van der Waals surface area contributed by atoms with Gasteiger partial charge in [-0.25, -0.2) is 9.78 Å². The van der Waals surface area contributed by atoms with Crippen LogP contribution in [0.4, 0.5) is 22.2 Å². The van der Waals surface area contributed by atoms with Gasteiger partial charge in [-0.3, -0.25) is 9.80 Å². The number of hydrogen-bond acceptors (Lipinski definition) is 7. The normalized spacial score (nSPS) is 13.3. The second kappa shape index (κ2) is 11.9. The molecule has 9 heteroatoms. The molecule has 0 radical (unpaired) electrons. The first kappa shape index (κ1) is 25.6. The number of nitrogens with one attached hydrogen (secondary N) is 1. The predicted molar refractivity (Wildman–Crippen MR) is 136 cm³/mol. The minimum Gasteiger partial charge on any atom is -0.497 e. The van der Waals surface area contributed by atoms with Crippen molar-refractivity contribution < 1.29 is 14.3 Å². The molecule has 9 nitrogen and oxygen atoms in total. The molecular formula is C25H38N6O3. The minimum absolute atomic E-state index is 0.128. The van der Waals surface area contributed by atoms with Crippen molar-refractivity contribution in [2.75, 3.05) is 62.1 Å². The summed E-state index contributed by atoms with van der Waals surface area (Å²) in [5, 5.41) is 3.32. The van der Waals surface area contributed by atoms with Gasteiger partial charge in [0, 0.05) is 42.5 Å². The van der Waals surface area contributed by atoms with Crippen LogP contribution in [0.3, 0.4) is 0 Å². The van der Waals surface area contributed by atoms with Crippen LogP contribution in [0.5, 0.6) is 11.5 Å². The summed E-state index contributed by atoms with van der Waals surface area (Å²) in [6, 6.07) is 3.56. The van der Waals surface area contributed by atoms with Gasteiger partial charge >= 0.3 is 6.03 Å². The standard InChI is InChI=1S/C25H38N6O3/c1-7-29(8-2)13-11-10-12-26-24-27-16-19-17-31(25(32)30(9-3)23(19)28-24)21-14-20(33-5)15-22(34-6)18(21)4/h14-16H,7-13,17H2,1-6H3,(H,26,27,28). The fourth-order valence-electron chi connectivity index (χ4n) is 4.23. The van der Waals surface area contributed by atoms with E-state index in [1.807, 2.05) is 32.2 Å². The topological polar surface area (TPSA) is 83.1 Å². The Morgan fingerprint density at radius 1 is 1.12 bits per heavy atom. The van der Waals surface area contributed by atoms with Crippen LogP contribution in [-0.4, -0.2) is 67.8 Å². The van der Waals surface area contributed by atoms with E-state index in [9.17, 15) is 4.79 Å². The number of ether oxygens (including phenoxy) is 2. The first-order valence-electron chi connectivity index (χ1n) is 12.1. The maximum Gasteiger partial charge on any atom is 0.330 e. The number of methoxy groups -OCH3 is 2. The van der Waals surface area contributed by atoms with Crippen molar-refractivity contribution in [3.8, 4) is 11.5 Å². The van der Waals surface area contributed by atoms with Gasteiger partial charge in [-0.2, -0.15) is 4.98 Å². The summed E-state index contributed by atoms with van der Waals surface area (Å²) >= 11 is 0. The fraction of sp³-hybridized carbons (Fsp3) is 0.560. The second-order valence-electron chi connectivity index (χ2n) is 8.29. The molecule has 1 aromatic heterocycles. The minimum atomic E-state index is -0.128. The van der Waals surface area contributed by atoms with E-state index < -0.39 is 0 Å². The highest BCUT2D eigenvalue weighted by atomic mass is 16.5. The summed E-state index contributed by atoms with van der Waals surface area (Å²) in [6.07, 6.45) is 3.98. The molecule has 1 aliphatic heterocycles. The zero-order valence-electron chi connectivity index (χ0n) is 21.3. The molecule has 0 saturated heterocycles. The first-order chi connectivity index (χ1) is 16.5. The fourth-order valence-corrected chi connectivity index (χ4v) is 4.23. The molecule has 1 aliphatic rings. The molecule has 0 fully saturated rings. The van der Waals surface area contributed by atoms with E-state index >= 15 is 0 Å². The second-order valence-corrected chi connectivity index (χ2v) is 8.29. The maximum atomic E-state index is 13.5. The van der Waals surface area contributed by atoms with Crippen molar-refractivity contribution in [1.29, 1.82) is 0 Å².